The fourth-order valence-electron chi connectivity index (χ4n) is 2.53. The molecule has 0 amide bonds. The Balaban J connectivity index is 2.50. The Labute approximate surface area is 98.8 Å². The van der Waals surface area contributed by atoms with Gasteiger partial charge in [-0.3, -0.25) is 9.69 Å². The van der Waals surface area contributed by atoms with E-state index in [0.29, 0.717) is 0 Å². The molecule has 94 valence electrons. The maximum atomic E-state index is 11.0. The molecule has 16 heavy (non-hydrogen) atoms. The minimum Gasteiger partial charge on any atom is -0.481 e. The average molecular weight is 227 g/mol. The largest absolute Gasteiger partial charge is 0.481 e. The van der Waals surface area contributed by atoms with E-state index in [2.05, 4.69) is 11.8 Å². The SMILES string of the molecule is CCC1CCCN(C(C)C(C)C(=O)O)CC1. The van der Waals surface area contributed by atoms with Gasteiger partial charge in [-0.1, -0.05) is 20.3 Å². The summed E-state index contributed by atoms with van der Waals surface area (Å²) in [5, 5.41) is 9.02. The minimum absolute atomic E-state index is 0.160. The van der Waals surface area contributed by atoms with Gasteiger partial charge in [-0.15, -0.1) is 0 Å². The number of hydrogen-bond acceptors (Lipinski definition) is 2. The smallest absolute Gasteiger partial charge is 0.307 e. The number of carbonyl (C=O) groups is 1. The van der Waals surface area contributed by atoms with Crippen LogP contribution in [0.4, 0.5) is 0 Å². The average Bonchev–Trinajstić information content (AvgIpc) is 2.51. The van der Waals surface area contributed by atoms with Crippen molar-refractivity contribution in [1.29, 1.82) is 0 Å². The first kappa shape index (κ1) is 13.5. The summed E-state index contributed by atoms with van der Waals surface area (Å²) in [6.07, 6.45) is 5.01. The van der Waals surface area contributed by atoms with Gasteiger partial charge in [0, 0.05) is 6.04 Å². The molecule has 1 N–H and O–H groups in total. The van der Waals surface area contributed by atoms with Crippen LogP contribution in [0, 0.1) is 11.8 Å². The van der Waals surface area contributed by atoms with Gasteiger partial charge in [0.05, 0.1) is 5.92 Å². The zero-order valence-electron chi connectivity index (χ0n) is 10.8. The van der Waals surface area contributed by atoms with Crippen molar-refractivity contribution in [3.63, 3.8) is 0 Å². The summed E-state index contributed by atoms with van der Waals surface area (Å²) in [6, 6.07) is 0.160. The molecule has 3 nitrogen and oxygen atoms in total. The second-order valence-electron chi connectivity index (χ2n) is 5.11. The van der Waals surface area contributed by atoms with Gasteiger partial charge in [0.2, 0.25) is 0 Å². The molecule has 3 unspecified atom stereocenters. The van der Waals surface area contributed by atoms with Crippen LogP contribution in [0.25, 0.3) is 0 Å². The van der Waals surface area contributed by atoms with E-state index in [9.17, 15) is 4.79 Å². The van der Waals surface area contributed by atoms with Crippen LogP contribution >= 0.6 is 0 Å². The van der Waals surface area contributed by atoms with Crippen LogP contribution in [0.3, 0.4) is 0 Å². The highest BCUT2D eigenvalue weighted by Gasteiger charge is 2.26. The molecule has 1 fully saturated rings. The van der Waals surface area contributed by atoms with Crippen molar-refractivity contribution in [3.8, 4) is 0 Å². The first-order valence-corrected chi connectivity index (χ1v) is 6.53. The van der Waals surface area contributed by atoms with Gasteiger partial charge in [-0.25, -0.2) is 0 Å². The molecule has 1 aliphatic heterocycles. The van der Waals surface area contributed by atoms with Crippen LogP contribution in [0.2, 0.25) is 0 Å². The van der Waals surface area contributed by atoms with E-state index in [1.807, 2.05) is 13.8 Å². The Morgan fingerprint density at radius 1 is 1.38 bits per heavy atom. The molecular formula is C13H25NO2. The molecule has 0 aromatic heterocycles. The third kappa shape index (κ3) is 3.48. The highest BCUT2D eigenvalue weighted by molar-refractivity contribution is 5.70. The third-order valence-corrected chi connectivity index (χ3v) is 4.15. The van der Waals surface area contributed by atoms with E-state index in [1.165, 1.54) is 25.7 Å². The standard InChI is InChI=1S/C13H25NO2/c1-4-12-6-5-8-14(9-7-12)11(3)10(2)13(15)16/h10-12H,4-9H2,1-3H3,(H,15,16). The Kier molecular flexibility index (Phi) is 5.26. The summed E-state index contributed by atoms with van der Waals surface area (Å²) < 4.78 is 0. The topological polar surface area (TPSA) is 40.5 Å². The van der Waals surface area contributed by atoms with Gasteiger partial charge in [0.15, 0.2) is 0 Å². The second kappa shape index (κ2) is 6.24. The van der Waals surface area contributed by atoms with Gasteiger partial charge >= 0.3 is 5.97 Å². The zero-order chi connectivity index (χ0) is 12.1. The van der Waals surface area contributed by atoms with Crippen molar-refractivity contribution >= 4 is 5.97 Å². The molecule has 0 bridgehead atoms. The molecule has 0 spiro atoms. The molecule has 3 heteroatoms. The molecule has 0 aromatic rings. The van der Waals surface area contributed by atoms with Crippen molar-refractivity contribution in [2.75, 3.05) is 13.1 Å². The Morgan fingerprint density at radius 2 is 2.06 bits per heavy atom. The third-order valence-electron chi connectivity index (χ3n) is 4.15. The maximum absolute atomic E-state index is 11.0. The van der Waals surface area contributed by atoms with E-state index in [1.54, 1.807) is 0 Å². The van der Waals surface area contributed by atoms with Gasteiger partial charge in [0.25, 0.3) is 0 Å². The quantitative estimate of drug-likeness (QED) is 0.802. The van der Waals surface area contributed by atoms with Crippen LogP contribution in [0.5, 0.6) is 0 Å². The molecule has 1 rings (SSSR count). The summed E-state index contributed by atoms with van der Waals surface area (Å²) in [6.45, 7) is 8.25. The Morgan fingerprint density at radius 3 is 2.62 bits per heavy atom. The number of nitrogens with zero attached hydrogens (tertiary/aromatic N) is 1. The summed E-state index contributed by atoms with van der Waals surface area (Å²) in [7, 11) is 0. The summed E-state index contributed by atoms with van der Waals surface area (Å²) >= 11 is 0. The predicted molar refractivity (Wildman–Crippen MR) is 65.5 cm³/mol. The van der Waals surface area contributed by atoms with Crippen molar-refractivity contribution in [2.24, 2.45) is 11.8 Å². The first-order valence-electron chi connectivity index (χ1n) is 6.53. The summed E-state index contributed by atoms with van der Waals surface area (Å²) in [5.41, 5.74) is 0. The predicted octanol–water partition coefficient (Wildman–Crippen LogP) is 2.61. The lowest BCUT2D eigenvalue weighted by Crippen LogP contribution is -2.41. The highest BCUT2D eigenvalue weighted by atomic mass is 16.4. The van der Waals surface area contributed by atoms with Crippen LogP contribution in [0.1, 0.15) is 46.5 Å². The van der Waals surface area contributed by atoms with Crippen LogP contribution < -0.4 is 0 Å². The maximum Gasteiger partial charge on any atom is 0.307 e. The number of carboxylic acid groups (broad SMARTS) is 1. The lowest BCUT2D eigenvalue weighted by molar-refractivity contribution is -0.143. The van der Waals surface area contributed by atoms with E-state index in [4.69, 9.17) is 5.11 Å². The number of hydrogen-bond donors (Lipinski definition) is 1. The number of likely N-dealkylation sites (tertiary alicyclic amines) is 1. The molecule has 1 heterocycles. The normalized spacial score (nSPS) is 27.1. The number of carboxylic acids is 1. The van der Waals surface area contributed by atoms with Gasteiger partial charge in [-0.2, -0.15) is 0 Å². The van der Waals surface area contributed by atoms with Crippen LogP contribution in [-0.2, 0) is 4.79 Å². The molecular weight excluding hydrogens is 202 g/mol. The van der Waals surface area contributed by atoms with Gasteiger partial charge in [-0.05, 0) is 45.2 Å². The fraction of sp³-hybridized carbons (Fsp3) is 0.923. The summed E-state index contributed by atoms with van der Waals surface area (Å²) in [5.74, 6) is -0.0979. The molecule has 3 atom stereocenters. The van der Waals surface area contributed by atoms with Crippen LogP contribution in [-0.4, -0.2) is 35.1 Å². The van der Waals surface area contributed by atoms with E-state index >= 15 is 0 Å². The molecule has 0 radical (unpaired) electrons. The summed E-state index contributed by atoms with van der Waals surface area (Å²) in [4.78, 5) is 13.3. The van der Waals surface area contributed by atoms with Crippen molar-refractivity contribution < 1.29 is 9.90 Å². The van der Waals surface area contributed by atoms with Crippen molar-refractivity contribution in [2.45, 2.75) is 52.5 Å². The van der Waals surface area contributed by atoms with E-state index in [0.717, 1.165) is 19.0 Å². The fourth-order valence-corrected chi connectivity index (χ4v) is 2.53. The molecule has 0 saturated carbocycles. The van der Waals surface area contributed by atoms with Gasteiger partial charge < -0.3 is 5.11 Å². The van der Waals surface area contributed by atoms with Crippen LogP contribution in [0.15, 0.2) is 0 Å². The molecule has 0 aliphatic carbocycles. The minimum atomic E-state index is -0.677. The lowest BCUT2D eigenvalue weighted by atomic mass is 9.98. The van der Waals surface area contributed by atoms with Crippen molar-refractivity contribution in [1.82, 2.24) is 4.90 Å². The number of rotatable bonds is 4. The monoisotopic (exact) mass is 227 g/mol. The molecule has 0 aromatic carbocycles. The Bertz CT molecular complexity index is 230. The highest BCUT2D eigenvalue weighted by Crippen LogP contribution is 2.23. The number of aliphatic carboxylic acids is 1. The van der Waals surface area contributed by atoms with Gasteiger partial charge in [0.1, 0.15) is 0 Å². The molecule has 1 saturated heterocycles. The molecule has 1 aliphatic rings. The second-order valence-corrected chi connectivity index (χ2v) is 5.11. The first-order chi connectivity index (χ1) is 7.56. The Hall–Kier alpha value is -0.570. The van der Waals surface area contributed by atoms with E-state index < -0.39 is 5.97 Å². The lowest BCUT2D eigenvalue weighted by Gasteiger charge is -2.30. The zero-order valence-corrected chi connectivity index (χ0v) is 10.8. The van der Waals surface area contributed by atoms with Crippen molar-refractivity contribution in [3.05, 3.63) is 0 Å². The van der Waals surface area contributed by atoms with E-state index in [-0.39, 0.29) is 12.0 Å².